The number of hydrogen-bond acceptors (Lipinski definition) is 3. The highest BCUT2D eigenvalue weighted by Gasteiger charge is 2.23. The number of hydrogen-bond donors (Lipinski definition) is 0. The minimum Gasteiger partial charge on any atom is -0.327 e. The summed E-state index contributed by atoms with van der Waals surface area (Å²) in [6.07, 6.45) is 4.84. The Bertz CT molecular complexity index is 952. The van der Waals surface area contributed by atoms with Crippen LogP contribution >= 0.6 is 11.3 Å². The lowest BCUT2D eigenvalue weighted by molar-refractivity contribution is 0.0998. The standard InChI is InChI=1S/C17H15N3OS/c1-20-9-10-22-17(20)19-16(21)15-11-5-2-3-7-13(11)18-14-8-4-6-12(14)15/h2-3,5,7,9-10H,4,6,8H2,1H3. The second kappa shape index (κ2) is 5.18. The van der Waals surface area contributed by atoms with E-state index in [1.54, 1.807) is 0 Å². The highest BCUT2D eigenvalue weighted by molar-refractivity contribution is 7.07. The molecule has 0 saturated carbocycles. The van der Waals surface area contributed by atoms with Crippen LogP contribution in [0.25, 0.3) is 10.9 Å². The zero-order valence-electron chi connectivity index (χ0n) is 12.2. The Morgan fingerprint density at radius 1 is 1.32 bits per heavy atom. The van der Waals surface area contributed by atoms with Crippen LogP contribution in [0.2, 0.25) is 0 Å². The third kappa shape index (κ3) is 2.09. The monoisotopic (exact) mass is 309 g/mol. The van der Waals surface area contributed by atoms with Gasteiger partial charge in [0.05, 0.1) is 11.1 Å². The third-order valence-electron chi connectivity index (χ3n) is 4.09. The van der Waals surface area contributed by atoms with Crippen molar-refractivity contribution in [2.45, 2.75) is 19.3 Å². The predicted molar refractivity (Wildman–Crippen MR) is 87.0 cm³/mol. The number of thiazole rings is 1. The molecule has 0 aliphatic heterocycles. The van der Waals surface area contributed by atoms with Crippen molar-refractivity contribution in [1.82, 2.24) is 9.55 Å². The minimum absolute atomic E-state index is 0.158. The van der Waals surface area contributed by atoms with Gasteiger partial charge in [0.25, 0.3) is 5.91 Å². The highest BCUT2D eigenvalue weighted by atomic mass is 32.1. The van der Waals surface area contributed by atoms with Crippen molar-refractivity contribution in [1.29, 1.82) is 0 Å². The summed E-state index contributed by atoms with van der Waals surface area (Å²) in [5.41, 5.74) is 3.78. The van der Waals surface area contributed by atoms with Gasteiger partial charge in [-0.25, -0.2) is 0 Å². The molecule has 2 heterocycles. The molecule has 0 bridgehead atoms. The average Bonchev–Trinajstić information content (AvgIpc) is 3.13. The molecule has 2 aromatic heterocycles. The average molecular weight is 309 g/mol. The van der Waals surface area contributed by atoms with Gasteiger partial charge in [0.15, 0.2) is 4.80 Å². The summed E-state index contributed by atoms with van der Waals surface area (Å²) in [4.78, 5) is 22.6. The molecule has 22 heavy (non-hydrogen) atoms. The first kappa shape index (κ1) is 13.4. The molecule has 110 valence electrons. The van der Waals surface area contributed by atoms with Crippen LogP contribution in [0.3, 0.4) is 0 Å². The van der Waals surface area contributed by atoms with Crippen molar-refractivity contribution in [2.75, 3.05) is 0 Å². The first-order chi connectivity index (χ1) is 10.7. The summed E-state index contributed by atoms with van der Waals surface area (Å²) in [6, 6.07) is 7.85. The Hall–Kier alpha value is -2.27. The lowest BCUT2D eigenvalue weighted by atomic mass is 10.0. The molecular weight excluding hydrogens is 294 g/mol. The van der Waals surface area contributed by atoms with Gasteiger partial charge in [-0.05, 0) is 30.9 Å². The van der Waals surface area contributed by atoms with Gasteiger partial charge in [-0.15, -0.1) is 11.3 Å². The predicted octanol–water partition coefficient (Wildman–Crippen LogP) is 2.86. The Balaban J connectivity index is 1.98. The molecule has 0 fully saturated rings. The number of pyridine rings is 1. The number of rotatable bonds is 1. The van der Waals surface area contributed by atoms with Gasteiger partial charge in [0, 0.05) is 29.7 Å². The Morgan fingerprint density at radius 2 is 2.18 bits per heavy atom. The van der Waals surface area contributed by atoms with Gasteiger partial charge >= 0.3 is 0 Å². The second-order valence-electron chi connectivity index (χ2n) is 5.50. The van der Waals surface area contributed by atoms with Crippen molar-refractivity contribution < 1.29 is 4.79 Å². The molecule has 4 nitrogen and oxygen atoms in total. The molecule has 0 N–H and O–H groups in total. The van der Waals surface area contributed by atoms with E-state index in [-0.39, 0.29) is 5.91 Å². The molecule has 0 unspecified atom stereocenters. The van der Waals surface area contributed by atoms with Gasteiger partial charge in [0.2, 0.25) is 0 Å². The van der Waals surface area contributed by atoms with Crippen molar-refractivity contribution in [2.24, 2.45) is 12.0 Å². The lowest BCUT2D eigenvalue weighted by Crippen LogP contribution is -2.14. The van der Waals surface area contributed by atoms with Crippen molar-refractivity contribution in [3.63, 3.8) is 0 Å². The Morgan fingerprint density at radius 3 is 3.00 bits per heavy atom. The molecular formula is C17H15N3OS. The van der Waals surface area contributed by atoms with Gasteiger partial charge in [-0.3, -0.25) is 9.78 Å². The van der Waals surface area contributed by atoms with Crippen LogP contribution in [0.5, 0.6) is 0 Å². The van der Waals surface area contributed by atoms with Gasteiger partial charge in [-0.1, -0.05) is 18.2 Å². The van der Waals surface area contributed by atoms with Gasteiger partial charge in [0.1, 0.15) is 0 Å². The number of aromatic nitrogens is 2. The Kier molecular flexibility index (Phi) is 3.15. The zero-order valence-corrected chi connectivity index (χ0v) is 13.1. The maximum Gasteiger partial charge on any atom is 0.280 e. The first-order valence-electron chi connectivity index (χ1n) is 7.34. The number of para-hydroxylation sites is 1. The third-order valence-corrected chi connectivity index (χ3v) is 4.94. The van der Waals surface area contributed by atoms with Crippen LogP contribution in [-0.4, -0.2) is 15.5 Å². The van der Waals surface area contributed by atoms with Crippen molar-refractivity contribution >= 4 is 28.1 Å². The van der Waals surface area contributed by atoms with E-state index in [0.29, 0.717) is 0 Å². The van der Waals surface area contributed by atoms with Crippen molar-refractivity contribution in [3.05, 3.63) is 57.5 Å². The number of fused-ring (bicyclic) bond motifs is 2. The van der Waals surface area contributed by atoms with E-state index >= 15 is 0 Å². The summed E-state index contributed by atoms with van der Waals surface area (Å²) >= 11 is 1.47. The first-order valence-corrected chi connectivity index (χ1v) is 8.21. The minimum atomic E-state index is -0.158. The quantitative estimate of drug-likeness (QED) is 0.694. The molecule has 0 saturated heterocycles. The summed E-state index contributed by atoms with van der Waals surface area (Å²) < 4.78 is 1.87. The van der Waals surface area contributed by atoms with Crippen LogP contribution in [0.15, 0.2) is 40.8 Å². The molecule has 1 aliphatic rings. The smallest absolute Gasteiger partial charge is 0.280 e. The van der Waals surface area contributed by atoms with Gasteiger partial charge < -0.3 is 4.57 Å². The number of aryl methyl sites for hydroxylation is 2. The fourth-order valence-corrected chi connectivity index (χ4v) is 3.76. The van der Waals surface area contributed by atoms with E-state index in [1.165, 1.54) is 11.3 Å². The molecule has 0 atom stereocenters. The largest absolute Gasteiger partial charge is 0.327 e. The second-order valence-corrected chi connectivity index (χ2v) is 6.37. The van der Waals surface area contributed by atoms with Crippen LogP contribution in [0, 0.1) is 0 Å². The summed E-state index contributed by atoms with van der Waals surface area (Å²) in [7, 11) is 1.90. The van der Waals surface area contributed by atoms with E-state index in [0.717, 1.165) is 51.8 Å². The summed E-state index contributed by atoms with van der Waals surface area (Å²) in [5.74, 6) is -0.158. The maximum atomic E-state index is 12.8. The SMILES string of the molecule is Cn1ccsc1=NC(=O)c1c2c(nc3ccccc13)CCC2. The summed E-state index contributed by atoms with van der Waals surface area (Å²) in [6.45, 7) is 0. The summed E-state index contributed by atoms with van der Waals surface area (Å²) in [5, 5.41) is 2.84. The van der Waals surface area contributed by atoms with Crippen LogP contribution in [-0.2, 0) is 19.9 Å². The molecule has 0 radical (unpaired) electrons. The molecule has 1 aliphatic carbocycles. The normalized spacial score (nSPS) is 14.5. The lowest BCUT2D eigenvalue weighted by Gasteiger charge is -2.09. The van der Waals surface area contributed by atoms with E-state index in [4.69, 9.17) is 4.98 Å². The van der Waals surface area contributed by atoms with E-state index in [1.807, 2.05) is 47.5 Å². The van der Waals surface area contributed by atoms with E-state index in [9.17, 15) is 4.79 Å². The van der Waals surface area contributed by atoms with Crippen LogP contribution in [0.4, 0.5) is 0 Å². The fourth-order valence-electron chi connectivity index (χ4n) is 3.03. The molecule has 3 aromatic rings. The number of benzene rings is 1. The van der Waals surface area contributed by atoms with Crippen LogP contribution in [0.1, 0.15) is 28.0 Å². The molecule has 4 rings (SSSR count). The number of amides is 1. The molecule has 1 amide bonds. The topological polar surface area (TPSA) is 47.2 Å². The van der Waals surface area contributed by atoms with Gasteiger partial charge in [-0.2, -0.15) is 4.99 Å². The number of nitrogens with zero attached hydrogens (tertiary/aromatic N) is 3. The Labute approximate surface area is 131 Å². The van der Waals surface area contributed by atoms with E-state index < -0.39 is 0 Å². The molecule has 1 aromatic carbocycles. The number of carbonyl (C=O) groups excluding carboxylic acids is 1. The van der Waals surface area contributed by atoms with Crippen LogP contribution < -0.4 is 4.80 Å². The molecule has 5 heteroatoms. The zero-order chi connectivity index (χ0) is 15.1. The fraction of sp³-hybridized carbons (Fsp3) is 0.235. The van der Waals surface area contributed by atoms with Crippen molar-refractivity contribution in [3.8, 4) is 0 Å². The molecule has 0 spiro atoms. The maximum absolute atomic E-state index is 12.8. The number of carbonyl (C=O) groups is 1. The van der Waals surface area contributed by atoms with E-state index in [2.05, 4.69) is 4.99 Å². The highest BCUT2D eigenvalue weighted by Crippen LogP contribution is 2.30.